The summed E-state index contributed by atoms with van der Waals surface area (Å²) in [4.78, 5) is 16.7. The first-order chi connectivity index (χ1) is 11.1. The number of rotatable bonds is 4. The zero-order chi connectivity index (χ0) is 16.4. The van der Waals surface area contributed by atoms with E-state index >= 15 is 0 Å². The van der Waals surface area contributed by atoms with Crippen LogP contribution in [0.15, 0.2) is 40.1 Å². The number of aliphatic hydroxyl groups excluding tert-OH is 1. The second kappa shape index (κ2) is 6.36. The van der Waals surface area contributed by atoms with Gasteiger partial charge in [0.05, 0.1) is 6.61 Å². The number of benzene rings is 1. The summed E-state index contributed by atoms with van der Waals surface area (Å²) in [5, 5.41) is 14.4. The number of aromatic nitrogens is 1. The van der Waals surface area contributed by atoms with Gasteiger partial charge in [0.1, 0.15) is 11.5 Å². The Morgan fingerprint density at radius 3 is 2.83 bits per heavy atom. The van der Waals surface area contributed by atoms with E-state index in [0.29, 0.717) is 22.1 Å². The predicted molar refractivity (Wildman–Crippen MR) is 89.6 cm³/mol. The highest BCUT2D eigenvalue weighted by atomic mass is 32.1. The molecule has 0 spiro atoms. The first kappa shape index (κ1) is 15.5. The molecule has 0 unspecified atom stereocenters. The number of hydrogen-bond donors (Lipinski definition) is 2. The standard InChI is InChI=1S/C17H16N2O3S/c1-10-3-5-12(8-20)7-13(10)18-16(21)14-9-23-17(19-14)15-6-4-11(2)22-15/h3-7,9,20H,8H2,1-2H3,(H,18,21). The van der Waals surface area contributed by atoms with Crippen molar-refractivity contribution in [2.24, 2.45) is 0 Å². The highest BCUT2D eigenvalue weighted by Gasteiger charge is 2.15. The van der Waals surface area contributed by atoms with Crippen molar-refractivity contribution in [3.05, 3.63) is 58.3 Å². The van der Waals surface area contributed by atoms with Crippen molar-refractivity contribution in [2.45, 2.75) is 20.5 Å². The van der Waals surface area contributed by atoms with E-state index in [2.05, 4.69) is 10.3 Å². The molecule has 2 heterocycles. The molecule has 0 bridgehead atoms. The third-order valence-electron chi connectivity index (χ3n) is 3.42. The van der Waals surface area contributed by atoms with Gasteiger partial charge in [-0.3, -0.25) is 4.79 Å². The van der Waals surface area contributed by atoms with Crippen LogP contribution in [0.1, 0.15) is 27.4 Å². The third kappa shape index (κ3) is 3.33. The van der Waals surface area contributed by atoms with E-state index in [4.69, 9.17) is 4.42 Å². The van der Waals surface area contributed by atoms with Crippen molar-refractivity contribution in [3.63, 3.8) is 0 Å². The fourth-order valence-corrected chi connectivity index (χ4v) is 2.89. The molecule has 3 aromatic rings. The summed E-state index contributed by atoms with van der Waals surface area (Å²) in [7, 11) is 0. The Labute approximate surface area is 137 Å². The van der Waals surface area contributed by atoms with Crippen LogP contribution in [0.5, 0.6) is 0 Å². The lowest BCUT2D eigenvalue weighted by atomic mass is 10.1. The van der Waals surface area contributed by atoms with Crippen LogP contribution in [0.3, 0.4) is 0 Å². The molecular weight excluding hydrogens is 312 g/mol. The van der Waals surface area contributed by atoms with E-state index in [-0.39, 0.29) is 12.5 Å². The van der Waals surface area contributed by atoms with Crippen molar-refractivity contribution in [2.75, 3.05) is 5.32 Å². The van der Waals surface area contributed by atoms with Crippen LogP contribution < -0.4 is 5.32 Å². The number of amides is 1. The first-order valence-corrected chi connectivity index (χ1v) is 7.99. The Balaban J connectivity index is 1.80. The maximum absolute atomic E-state index is 12.4. The Morgan fingerprint density at radius 2 is 2.13 bits per heavy atom. The Kier molecular flexibility index (Phi) is 4.27. The van der Waals surface area contributed by atoms with E-state index in [9.17, 15) is 9.90 Å². The summed E-state index contributed by atoms with van der Waals surface area (Å²) in [6, 6.07) is 9.14. The normalized spacial score (nSPS) is 10.7. The molecular formula is C17H16N2O3S. The first-order valence-electron chi connectivity index (χ1n) is 7.11. The molecule has 3 rings (SSSR count). The van der Waals surface area contributed by atoms with Gasteiger partial charge in [0.25, 0.3) is 5.91 Å². The lowest BCUT2D eigenvalue weighted by Crippen LogP contribution is -2.13. The van der Waals surface area contributed by atoms with Crippen molar-refractivity contribution in [1.29, 1.82) is 0 Å². The molecule has 0 aliphatic carbocycles. The van der Waals surface area contributed by atoms with Crippen molar-refractivity contribution < 1.29 is 14.3 Å². The van der Waals surface area contributed by atoms with Gasteiger partial charge in [0.2, 0.25) is 0 Å². The van der Waals surface area contributed by atoms with Crippen molar-refractivity contribution in [3.8, 4) is 10.8 Å². The monoisotopic (exact) mass is 328 g/mol. The number of aliphatic hydroxyl groups is 1. The second-order valence-corrected chi connectivity index (χ2v) is 6.07. The summed E-state index contributed by atoms with van der Waals surface area (Å²) in [6.45, 7) is 3.69. The molecule has 0 saturated heterocycles. The van der Waals surface area contributed by atoms with E-state index in [1.807, 2.05) is 38.1 Å². The summed E-state index contributed by atoms with van der Waals surface area (Å²) < 4.78 is 5.52. The van der Waals surface area contributed by atoms with Gasteiger partial charge in [0, 0.05) is 11.1 Å². The number of nitrogens with one attached hydrogen (secondary N) is 1. The number of carbonyl (C=O) groups excluding carboxylic acids is 1. The van der Waals surface area contributed by atoms with Crippen LogP contribution >= 0.6 is 11.3 Å². The summed E-state index contributed by atoms with van der Waals surface area (Å²) in [6.07, 6.45) is 0. The largest absolute Gasteiger partial charge is 0.459 e. The SMILES string of the molecule is Cc1ccc(-c2nc(C(=O)Nc3cc(CO)ccc3C)cs2)o1. The minimum absolute atomic E-state index is 0.0676. The number of nitrogens with zero attached hydrogens (tertiary/aromatic N) is 1. The lowest BCUT2D eigenvalue weighted by Gasteiger charge is -2.08. The molecule has 0 aliphatic heterocycles. The van der Waals surface area contributed by atoms with Gasteiger partial charge >= 0.3 is 0 Å². The number of aryl methyl sites for hydroxylation is 2. The molecule has 0 fully saturated rings. The van der Waals surface area contributed by atoms with Gasteiger partial charge in [-0.25, -0.2) is 4.98 Å². The molecule has 6 heteroatoms. The molecule has 5 nitrogen and oxygen atoms in total. The molecule has 0 saturated carbocycles. The van der Waals surface area contributed by atoms with Crippen LogP contribution in [0.2, 0.25) is 0 Å². The fraction of sp³-hybridized carbons (Fsp3) is 0.176. The molecule has 118 valence electrons. The number of hydrogen-bond acceptors (Lipinski definition) is 5. The third-order valence-corrected chi connectivity index (χ3v) is 4.28. The van der Waals surface area contributed by atoms with Crippen LogP contribution in [0.4, 0.5) is 5.69 Å². The van der Waals surface area contributed by atoms with E-state index < -0.39 is 0 Å². The van der Waals surface area contributed by atoms with Gasteiger partial charge in [-0.1, -0.05) is 12.1 Å². The van der Waals surface area contributed by atoms with E-state index in [1.54, 1.807) is 11.4 Å². The minimum atomic E-state index is -0.283. The lowest BCUT2D eigenvalue weighted by molar-refractivity contribution is 0.102. The van der Waals surface area contributed by atoms with Gasteiger partial charge in [-0.15, -0.1) is 11.3 Å². The van der Waals surface area contributed by atoms with Gasteiger partial charge in [-0.05, 0) is 43.2 Å². The second-order valence-electron chi connectivity index (χ2n) is 5.21. The summed E-state index contributed by atoms with van der Waals surface area (Å²) in [5.74, 6) is 1.18. The molecule has 0 aliphatic rings. The number of carbonyl (C=O) groups is 1. The quantitative estimate of drug-likeness (QED) is 0.764. The molecule has 0 atom stereocenters. The molecule has 23 heavy (non-hydrogen) atoms. The number of thiazole rings is 1. The average molecular weight is 328 g/mol. The summed E-state index contributed by atoms with van der Waals surface area (Å²) >= 11 is 1.36. The molecule has 2 aromatic heterocycles. The Hall–Kier alpha value is -2.44. The maximum Gasteiger partial charge on any atom is 0.275 e. The predicted octanol–water partition coefficient (Wildman–Crippen LogP) is 3.76. The Morgan fingerprint density at radius 1 is 1.30 bits per heavy atom. The zero-order valence-electron chi connectivity index (χ0n) is 12.8. The molecule has 2 N–H and O–H groups in total. The van der Waals surface area contributed by atoms with Crippen LogP contribution in [-0.4, -0.2) is 16.0 Å². The highest BCUT2D eigenvalue weighted by Crippen LogP contribution is 2.26. The van der Waals surface area contributed by atoms with Crippen molar-refractivity contribution >= 4 is 22.9 Å². The molecule has 1 amide bonds. The van der Waals surface area contributed by atoms with E-state index in [0.717, 1.165) is 16.9 Å². The minimum Gasteiger partial charge on any atom is -0.459 e. The Bertz CT molecular complexity index is 851. The van der Waals surface area contributed by atoms with Crippen LogP contribution in [0.25, 0.3) is 10.8 Å². The van der Waals surface area contributed by atoms with Gasteiger partial charge in [-0.2, -0.15) is 0 Å². The van der Waals surface area contributed by atoms with E-state index in [1.165, 1.54) is 11.3 Å². The van der Waals surface area contributed by atoms with Crippen molar-refractivity contribution in [1.82, 2.24) is 4.98 Å². The average Bonchev–Trinajstić information content (AvgIpc) is 3.18. The molecule has 0 radical (unpaired) electrons. The maximum atomic E-state index is 12.4. The van der Waals surface area contributed by atoms with Gasteiger partial charge in [0.15, 0.2) is 10.8 Å². The smallest absolute Gasteiger partial charge is 0.275 e. The number of anilines is 1. The number of furan rings is 1. The van der Waals surface area contributed by atoms with Crippen LogP contribution in [-0.2, 0) is 6.61 Å². The van der Waals surface area contributed by atoms with Crippen LogP contribution in [0, 0.1) is 13.8 Å². The topological polar surface area (TPSA) is 75.4 Å². The fourth-order valence-electron chi connectivity index (χ4n) is 2.13. The summed E-state index contributed by atoms with van der Waals surface area (Å²) in [5.41, 5.74) is 2.68. The molecule has 1 aromatic carbocycles. The zero-order valence-corrected chi connectivity index (χ0v) is 13.6. The van der Waals surface area contributed by atoms with Gasteiger partial charge < -0.3 is 14.8 Å². The highest BCUT2D eigenvalue weighted by molar-refractivity contribution is 7.13.